The average Bonchev–Trinajstić information content (AvgIpc) is 2.47. The summed E-state index contributed by atoms with van der Waals surface area (Å²) in [5, 5.41) is 3.58. The number of benzene rings is 2. The molecule has 3 rings (SSSR count). The molecule has 2 atom stereocenters. The summed E-state index contributed by atoms with van der Waals surface area (Å²) in [6, 6.07) is 15.0. The van der Waals surface area contributed by atoms with E-state index in [-0.39, 0.29) is 23.4 Å². The van der Waals surface area contributed by atoms with Crippen molar-refractivity contribution >= 4 is 5.69 Å². The molecular weight excluding hydrogens is 265 g/mol. The Hall–Kier alpha value is -1.87. The molecule has 110 valence electrons. The van der Waals surface area contributed by atoms with Crippen molar-refractivity contribution < 1.29 is 9.13 Å². The van der Waals surface area contributed by atoms with Crippen LogP contribution in [0.3, 0.4) is 0 Å². The van der Waals surface area contributed by atoms with Gasteiger partial charge < -0.3 is 10.1 Å². The largest absolute Gasteiger partial charge is 0.377 e. The number of anilines is 1. The first-order chi connectivity index (χ1) is 10.0. The summed E-state index contributed by atoms with van der Waals surface area (Å²) in [4.78, 5) is 0. The number of rotatable bonds is 2. The zero-order valence-corrected chi connectivity index (χ0v) is 12.6. The predicted molar refractivity (Wildman–Crippen MR) is 82.7 cm³/mol. The highest BCUT2D eigenvalue weighted by atomic mass is 19.1. The lowest BCUT2D eigenvalue weighted by molar-refractivity contribution is -0.0107. The SMILES string of the molecule is CO[C@@H]1c2ccccc2N[C@H](c2ccc(F)cc2)C1(C)C. The van der Waals surface area contributed by atoms with Gasteiger partial charge in [-0.1, -0.05) is 44.2 Å². The van der Waals surface area contributed by atoms with Gasteiger partial charge in [-0.25, -0.2) is 4.39 Å². The maximum atomic E-state index is 13.2. The quantitative estimate of drug-likeness (QED) is 0.863. The van der Waals surface area contributed by atoms with Crippen molar-refractivity contribution in [3.8, 4) is 0 Å². The third kappa shape index (κ3) is 2.32. The minimum absolute atomic E-state index is 0.00926. The summed E-state index contributed by atoms with van der Waals surface area (Å²) in [5.41, 5.74) is 3.17. The van der Waals surface area contributed by atoms with Crippen molar-refractivity contribution in [2.24, 2.45) is 5.41 Å². The molecule has 0 aliphatic carbocycles. The highest BCUT2D eigenvalue weighted by Crippen LogP contribution is 2.52. The molecule has 0 fully saturated rings. The second-order valence-corrected chi connectivity index (χ2v) is 6.15. The van der Waals surface area contributed by atoms with E-state index in [0.717, 1.165) is 11.3 Å². The van der Waals surface area contributed by atoms with Crippen molar-refractivity contribution in [3.05, 3.63) is 65.5 Å². The molecule has 0 unspecified atom stereocenters. The van der Waals surface area contributed by atoms with Crippen LogP contribution in [0.2, 0.25) is 0 Å². The second kappa shape index (κ2) is 5.15. The van der Waals surface area contributed by atoms with Crippen LogP contribution in [0.15, 0.2) is 48.5 Å². The van der Waals surface area contributed by atoms with Gasteiger partial charge in [-0.05, 0) is 23.8 Å². The number of nitrogens with one attached hydrogen (secondary N) is 1. The van der Waals surface area contributed by atoms with Crippen LogP contribution < -0.4 is 5.32 Å². The van der Waals surface area contributed by atoms with Crippen molar-refractivity contribution in [1.29, 1.82) is 0 Å². The summed E-state index contributed by atoms with van der Waals surface area (Å²) in [6.07, 6.45) is -0.00926. The maximum Gasteiger partial charge on any atom is 0.123 e. The molecule has 0 amide bonds. The molecule has 0 spiro atoms. The average molecular weight is 285 g/mol. The van der Waals surface area contributed by atoms with E-state index >= 15 is 0 Å². The fraction of sp³-hybridized carbons (Fsp3) is 0.333. The number of fused-ring (bicyclic) bond motifs is 1. The van der Waals surface area contributed by atoms with E-state index in [4.69, 9.17) is 4.74 Å². The van der Waals surface area contributed by atoms with Crippen molar-refractivity contribution in [2.75, 3.05) is 12.4 Å². The van der Waals surface area contributed by atoms with E-state index in [1.807, 2.05) is 24.3 Å². The smallest absolute Gasteiger partial charge is 0.123 e. The Kier molecular flexibility index (Phi) is 3.46. The van der Waals surface area contributed by atoms with E-state index in [1.165, 1.54) is 17.7 Å². The normalized spacial score (nSPS) is 23.2. The lowest BCUT2D eigenvalue weighted by atomic mass is 9.70. The predicted octanol–water partition coefficient (Wildman–Crippen LogP) is 4.71. The number of methoxy groups -OCH3 is 1. The second-order valence-electron chi connectivity index (χ2n) is 6.15. The molecule has 0 saturated heterocycles. The van der Waals surface area contributed by atoms with Gasteiger partial charge in [0.15, 0.2) is 0 Å². The Balaban J connectivity index is 2.08. The van der Waals surface area contributed by atoms with Crippen LogP contribution in [0.4, 0.5) is 10.1 Å². The molecule has 2 nitrogen and oxygen atoms in total. The van der Waals surface area contributed by atoms with E-state index in [1.54, 1.807) is 7.11 Å². The van der Waals surface area contributed by atoms with Crippen molar-refractivity contribution in [2.45, 2.75) is 26.0 Å². The first kappa shape index (κ1) is 14.1. The molecule has 2 aromatic rings. The number of para-hydroxylation sites is 1. The maximum absolute atomic E-state index is 13.2. The van der Waals surface area contributed by atoms with Gasteiger partial charge in [-0.2, -0.15) is 0 Å². The molecule has 0 bridgehead atoms. The first-order valence-corrected chi connectivity index (χ1v) is 7.18. The number of hydrogen-bond donors (Lipinski definition) is 1. The minimum Gasteiger partial charge on any atom is -0.377 e. The first-order valence-electron chi connectivity index (χ1n) is 7.18. The van der Waals surface area contributed by atoms with Gasteiger partial charge in [-0.15, -0.1) is 0 Å². The minimum atomic E-state index is -0.212. The van der Waals surface area contributed by atoms with Crippen LogP contribution in [0.1, 0.15) is 37.1 Å². The highest BCUT2D eigenvalue weighted by molar-refractivity contribution is 5.57. The van der Waals surface area contributed by atoms with Crippen molar-refractivity contribution in [3.63, 3.8) is 0 Å². The molecule has 0 saturated carbocycles. The summed E-state index contributed by atoms with van der Waals surface area (Å²) in [6.45, 7) is 4.36. The lowest BCUT2D eigenvalue weighted by Crippen LogP contribution is -2.39. The Morgan fingerprint density at radius 1 is 1.05 bits per heavy atom. The lowest BCUT2D eigenvalue weighted by Gasteiger charge is -2.46. The van der Waals surface area contributed by atoms with E-state index in [2.05, 4.69) is 31.3 Å². The molecule has 1 heterocycles. The van der Waals surface area contributed by atoms with Gasteiger partial charge in [0.1, 0.15) is 5.82 Å². The molecule has 1 N–H and O–H groups in total. The van der Waals surface area contributed by atoms with E-state index in [9.17, 15) is 4.39 Å². The summed E-state index contributed by atoms with van der Waals surface area (Å²) in [7, 11) is 1.75. The number of halogens is 1. The zero-order valence-electron chi connectivity index (χ0n) is 12.6. The van der Waals surface area contributed by atoms with E-state index in [0.29, 0.717) is 0 Å². The Labute approximate surface area is 125 Å². The number of hydrogen-bond acceptors (Lipinski definition) is 2. The third-order valence-electron chi connectivity index (χ3n) is 4.40. The zero-order chi connectivity index (χ0) is 15.0. The fourth-order valence-electron chi connectivity index (χ4n) is 3.35. The van der Waals surface area contributed by atoms with Crippen LogP contribution in [0.5, 0.6) is 0 Å². The molecule has 3 heteroatoms. The Morgan fingerprint density at radius 3 is 2.38 bits per heavy atom. The number of ether oxygens (including phenoxy) is 1. The van der Waals surface area contributed by atoms with Gasteiger partial charge in [0, 0.05) is 23.8 Å². The summed E-state index contributed by atoms with van der Waals surface area (Å²) in [5.74, 6) is -0.212. The fourth-order valence-corrected chi connectivity index (χ4v) is 3.35. The van der Waals surface area contributed by atoms with Gasteiger partial charge in [0.2, 0.25) is 0 Å². The Morgan fingerprint density at radius 2 is 1.71 bits per heavy atom. The van der Waals surface area contributed by atoms with Gasteiger partial charge in [-0.3, -0.25) is 0 Å². The van der Waals surface area contributed by atoms with Crippen LogP contribution >= 0.6 is 0 Å². The van der Waals surface area contributed by atoms with Crippen molar-refractivity contribution in [1.82, 2.24) is 0 Å². The molecular formula is C18H20FNO. The van der Waals surface area contributed by atoms with Gasteiger partial charge in [0.05, 0.1) is 12.1 Å². The van der Waals surface area contributed by atoms with Crippen LogP contribution in [-0.4, -0.2) is 7.11 Å². The molecule has 21 heavy (non-hydrogen) atoms. The molecule has 1 aliphatic heterocycles. The molecule has 2 aromatic carbocycles. The van der Waals surface area contributed by atoms with Gasteiger partial charge >= 0.3 is 0 Å². The summed E-state index contributed by atoms with van der Waals surface area (Å²) >= 11 is 0. The molecule has 0 radical (unpaired) electrons. The molecule has 0 aromatic heterocycles. The summed E-state index contributed by atoms with van der Waals surface area (Å²) < 4.78 is 19.0. The topological polar surface area (TPSA) is 21.3 Å². The highest BCUT2D eigenvalue weighted by Gasteiger charge is 2.44. The Bertz CT molecular complexity index is 636. The van der Waals surface area contributed by atoms with Gasteiger partial charge in [0.25, 0.3) is 0 Å². The van der Waals surface area contributed by atoms with Crippen LogP contribution in [0.25, 0.3) is 0 Å². The molecule has 1 aliphatic rings. The van der Waals surface area contributed by atoms with Crippen LogP contribution in [-0.2, 0) is 4.74 Å². The van der Waals surface area contributed by atoms with E-state index < -0.39 is 0 Å². The standard InChI is InChI=1S/C18H20FNO/c1-18(2)16(12-8-10-13(19)11-9-12)20-15-7-5-4-6-14(15)17(18)21-3/h4-11,16-17,20H,1-3H3/t16-,17-/m1/s1. The monoisotopic (exact) mass is 285 g/mol. The third-order valence-corrected chi connectivity index (χ3v) is 4.40. The van der Waals surface area contributed by atoms with Crippen LogP contribution in [0, 0.1) is 11.2 Å².